The zero-order chi connectivity index (χ0) is 19.3. The van der Waals surface area contributed by atoms with Crippen LogP contribution in [0.15, 0.2) is 65.6 Å². The van der Waals surface area contributed by atoms with E-state index in [1.54, 1.807) is 0 Å². The number of nitrogens with one attached hydrogen (secondary N) is 1. The smallest absolute Gasteiger partial charge is 0.234 e. The number of carbonyl (C=O) groups excluding carboxylic acids is 1. The number of halogens is 1. The molecule has 1 fully saturated rings. The van der Waals surface area contributed by atoms with Crippen molar-refractivity contribution in [2.24, 2.45) is 0 Å². The zero-order valence-corrected chi connectivity index (χ0v) is 16.9. The van der Waals surface area contributed by atoms with Gasteiger partial charge in [0.05, 0.1) is 30.3 Å². The van der Waals surface area contributed by atoms with Crippen LogP contribution in [0.1, 0.15) is 0 Å². The van der Waals surface area contributed by atoms with E-state index in [4.69, 9.17) is 16.3 Å². The summed E-state index contributed by atoms with van der Waals surface area (Å²) in [6, 6.07) is 19.8. The number of fused-ring (bicyclic) bond motifs is 1. The second-order valence-electron chi connectivity index (χ2n) is 6.55. The van der Waals surface area contributed by atoms with Gasteiger partial charge in [-0.1, -0.05) is 48.0 Å². The average molecular weight is 413 g/mol. The summed E-state index contributed by atoms with van der Waals surface area (Å²) in [4.78, 5) is 15.9. The van der Waals surface area contributed by atoms with Gasteiger partial charge in [-0.3, -0.25) is 4.79 Å². The first-order chi connectivity index (χ1) is 13.7. The molecule has 0 saturated carbocycles. The van der Waals surface area contributed by atoms with E-state index in [0.717, 1.165) is 40.1 Å². The van der Waals surface area contributed by atoms with Crippen molar-refractivity contribution in [3.63, 3.8) is 0 Å². The van der Waals surface area contributed by atoms with Crippen molar-refractivity contribution >= 4 is 51.4 Å². The third kappa shape index (κ3) is 4.27. The largest absolute Gasteiger partial charge is 0.378 e. The molecule has 0 radical (unpaired) electrons. The molecular formula is C22H21ClN2O2S. The number of thioether (sulfide) groups is 1. The van der Waals surface area contributed by atoms with Crippen LogP contribution in [0.25, 0.3) is 10.8 Å². The zero-order valence-electron chi connectivity index (χ0n) is 15.4. The second-order valence-corrected chi connectivity index (χ2v) is 7.97. The molecule has 1 N–H and O–H groups in total. The molecule has 1 aliphatic rings. The van der Waals surface area contributed by atoms with Crippen LogP contribution in [0.5, 0.6) is 0 Å². The van der Waals surface area contributed by atoms with Crippen LogP contribution in [-0.2, 0) is 9.53 Å². The van der Waals surface area contributed by atoms with Crippen molar-refractivity contribution in [2.45, 2.75) is 4.90 Å². The molecule has 1 heterocycles. The van der Waals surface area contributed by atoms with Crippen molar-refractivity contribution < 1.29 is 9.53 Å². The van der Waals surface area contributed by atoms with Gasteiger partial charge in [0, 0.05) is 28.4 Å². The summed E-state index contributed by atoms with van der Waals surface area (Å²) in [5.41, 5.74) is 1.88. The van der Waals surface area contributed by atoms with Gasteiger partial charge in [-0.2, -0.15) is 0 Å². The molecule has 0 bridgehead atoms. The van der Waals surface area contributed by atoms with Crippen LogP contribution in [0.4, 0.5) is 11.4 Å². The molecular weight excluding hydrogens is 392 g/mol. The van der Waals surface area contributed by atoms with Gasteiger partial charge < -0.3 is 15.0 Å². The Labute approximate surface area is 173 Å². The first-order valence-electron chi connectivity index (χ1n) is 9.24. The van der Waals surface area contributed by atoms with E-state index < -0.39 is 0 Å². The lowest BCUT2D eigenvalue weighted by Crippen LogP contribution is -2.36. The van der Waals surface area contributed by atoms with Gasteiger partial charge in [0.1, 0.15) is 0 Å². The topological polar surface area (TPSA) is 41.6 Å². The molecule has 0 atom stereocenters. The van der Waals surface area contributed by atoms with Gasteiger partial charge in [-0.15, -0.1) is 11.8 Å². The van der Waals surface area contributed by atoms with Gasteiger partial charge in [-0.05, 0) is 29.7 Å². The van der Waals surface area contributed by atoms with Crippen molar-refractivity contribution in [3.05, 3.63) is 65.7 Å². The Morgan fingerprint density at radius 1 is 1.04 bits per heavy atom. The highest BCUT2D eigenvalue weighted by Gasteiger charge is 2.16. The van der Waals surface area contributed by atoms with Crippen molar-refractivity contribution in [1.82, 2.24) is 0 Å². The van der Waals surface area contributed by atoms with E-state index in [-0.39, 0.29) is 5.91 Å². The van der Waals surface area contributed by atoms with Gasteiger partial charge >= 0.3 is 0 Å². The fourth-order valence-corrected chi connectivity index (χ4v) is 4.62. The number of para-hydroxylation sites is 2. The van der Waals surface area contributed by atoms with Gasteiger partial charge in [0.2, 0.25) is 5.91 Å². The Morgan fingerprint density at radius 3 is 2.61 bits per heavy atom. The fourth-order valence-electron chi connectivity index (χ4n) is 3.37. The highest BCUT2D eigenvalue weighted by molar-refractivity contribution is 8.00. The monoisotopic (exact) mass is 412 g/mol. The van der Waals surface area contributed by atoms with Crippen LogP contribution in [-0.4, -0.2) is 38.0 Å². The SMILES string of the molecule is O=C(CSc1cccc2cccc(Cl)c12)Nc1ccccc1N1CCOCC1. The number of amides is 1. The molecule has 0 aliphatic carbocycles. The van der Waals surface area contributed by atoms with Crippen molar-refractivity contribution in [1.29, 1.82) is 0 Å². The summed E-state index contributed by atoms with van der Waals surface area (Å²) in [6.07, 6.45) is 0. The van der Waals surface area contributed by atoms with Gasteiger partial charge in [0.25, 0.3) is 0 Å². The molecule has 1 amide bonds. The number of morpholine rings is 1. The van der Waals surface area contributed by atoms with E-state index in [2.05, 4.69) is 10.2 Å². The molecule has 4 rings (SSSR count). The summed E-state index contributed by atoms with van der Waals surface area (Å²) in [7, 11) is 0. The third-order valence-corrected chi connectivity index (χ3v) is 6.08. The minimum atomic E-state index is -0.0326. The Bertz CT molecular complexity index is 984. The molecule has 3 aromatic carbocycles. The maximum absolute atomic E-state index is 12.6. The van der Waals surface area contributed by atoms with Crippen LogP contribution in [0, 0.1) is 0 Å². The first kappa shape index (κ1) is 19.1. The molecule has 1 saturated heterocycles. The minimum absolute atomic E-state index is 0.0326. The molecule has 6 heteroatoms. The number of nitrogens with zero attached hydrogens (tertiary/aromatic N) is 1. The van der Waals surface area contributed by atoms with Crippen molar-refractivity contribution in [2.75, 3.05) is 42.3 Å². The molecule has 4 nitrogen and oxygen atoms in total. The van der Waals surface area contributed by atoms with Gasteiger partial charge in [0.15, 0.2) is 0 Å². The van der Waals surface area contributed by atoms with E-state index in [1.165, 1.54) is 11.8 Å². The molecule has 28 heavy (non-hydrogen) atoms. The Balaban J connectivity index is 1.46. The van der Waals surface area contributed by atoms with Crippen LogP contribution < -0.4 is 10.2 Å². The van der Waals surface area contributed by atoms with Crippen LogP contribution in [0.3, 0.4) is 0 Å². The first-order valence-corrected chi connectivity index (χ1v) is 10.6. The lowest BCUT2D eigenvalue weighted by molar-refractivity contribution is -0.113. The molecule has 0 spiro atoms. The minimum Gasteiger partial charge on any atom is -0.378 e. The molecule has 1 aliphatic heterocycles. The Morgan fingerprint density at radius 2 is 1.79 bits per heavy atom. The number of hydrogen-bond acceptors (Lipinski definition) is 4. The normalized spacial score (nSPS) is 14.2. The summed E-state index contributed by atoms with van der Waals surface area (Å²) >= 11 is 7.89. The van der Waals surface area contributed by atoms with E-state index in [0.29, 0.717) is 24.0 Å². The van der Waals surface area contributed by atoms with Crippen LogP contribution in [0.2, 0.25) is 5.02 Å². The lowest BCUT2D eigenvalue weighted by Gasteiger charge is -2.30. The summed E-state index contributed by atoms with van der Waals surface area (Å²) < 4.78 is 5.43. The summed E-state index contributed by atoms with van der Waals surface area (Å²) in [5.74, 6) is 0.289. The van der Waals surface area contributed by atoms with Crippen molar-refractivity contribution in [3.8, 4) is 0 Å². The molecule has 0 aromatic heterocycles. The molecule has 0 unspecified atom stereocenters. The summed E-state index contributed by atoms with van der Waals surface area (Å²) in [5, 5.41) is 5.85. The number of carbonyl (C=O) groups is 1. The highest BCUT2D eigenvalue weighted by Crippen LogP contribution is 2.33. The standard InChI is InChI=1S/C22H21ClN2O2S/c23-17-7-3-5-16-6-4-10-20(22(16)17)28-15-21(26)24-18-8-1-2-9-19(18)25-11-13-27-14-12-25/h1-10H,11-15H2,(H,24,26). The quantitative estimate of drug-likeness (QED) is 0.594. The summed E-state index contributed by atoms with van der Waals surface area (Å²) in [6.45, 7) is 3.08. The molecule has 3 aromatic rings. The number of benzene rings is 3. The van der Waals surface area contributed by atoms with E-state index in [9.17, 15) is 4.79 Å². The number of hydrogen-bond donors (Lipinski definition) is 1. The fraction of sp³-hybridized carbons (Fsp3) is 0.227. The predicted octanol–water partition coefficient (Wildman–Crippen LogP) is 5.06. The maximum atomic E-state index is 12.6. The Kier molecular flexibility index (Phi) is 6.05. The van der Waals surface area contributed by atoms with Gasteiger partial charge in [-0.25, -0.2) is 0 Å². The lowest BCUT2D eigenvalue weighted by atomic mass is 10.1. The molecule has 144 valence electrons. The van der Waals surface area contributed by atoms with E-state index >= 15 is 0 Å². The van der Waals surface area contributed by atoms with Crippen LogP contribution >= 0.6 is 23.4 Å². The van der Waals surface area contributed by atoms with E-state index in [1.807, 2.05) is 60.7 Å². The third-order valence-electron chi connectivity index (χ3n) is 4.70. The highest BCUT2D eigenvalue weighted by atomic mass is 35.5. The predicted molar refractivity (Wildman–Crippen MR) is 118 cm³/mol. The maximum Gasteiger partial charge on any atom is 0.234 e. The average Bonchev–Trinajstić information content (AvgIpc) is 2.73. The number of rotatable bonds is 5. The Hall–Kier alpha value is -2.21. The second kappa shape index (κ2) is 8.86. The number of ether oxygens (including phenoxy) is 1. The number of anilines is 2.